The highest BCUT2D eigenvalue weighted by atomic mass is 32.1. The van der Waals surface area contributed by atoms with Gasteiger partial charge in [0.2, 0.25) is 0 Å². The van der Waals surface area contributed by atoms with E-state index < -0.39 is 23.5 Å². The van der Waals surface area contributed by atoms with E-state index in [0.29, 0.717) is 4.88 Å². The fourth-order valence-corrected chi connectivity index (χ4v) is 5.51. The molecular formula is C26H24N2O5S. The van der Waals surface area contributed by atoms with Crippen molar-refractivity contribution < 1.29 is 24.2 Å². The van der Waals surface area contributed by atoms with Crippen LogP contribution in [0, 0.1) is 5.41 Å². The first-order valence-electron chi connectivity index (χ1n) is 11.0. The summed E-state index contributed by atoms with van der Waals surface area (Å²) in [5.41, 5.74) is 3.53. The molecule has 34 heavy (non-hydrogen) atoms. The zero-order valence-corrected chi connectivity index (χ0v) is 19.4. The average molecular weight is 477 g/mol. The highest BCUT2D eigenvalue weighted by Gasteiger charge is 2.49. The number of carboxylic acid groups (broad SMARTS) is 1. The van der Waals surface area contributed by atoms with Gasteiger partial charge in [-0.2, -0.15) is 0 Å². The summed E-state index contributed by atoms with van der Waals surface area (Å²) in [6.07, 6.45) is -0.685. The van der Waals surface area contributed by atoms with Gasteiger partial charge in [0.25, 0.3) is 5.91 Å². The van der Waals surface area contributed by atoms with E-state index >= 15 is 0 Å². The van der Waals surface area contributed by atoms with Crippen LogP contribution in [0.2, 0.25) is 0 Å². The number of hydrogen-bond donors (Lipinski definition) is 2. The molecule has 5 rings (SSSR count). The van der Waals surface area contributed by atoms with Crippen LogP contribution < -0.4 is 5.32 Å². The molecule has 1 saturated heterocycles. The van der Waals surface area contributed by atoms with Gasteiger partial charge in [0, 0.05) is 23.9 Å². The molecule has 2 N–H and O–H groups in total. The number of amides is 2. The molecule has 0 radical (unpaired) electrons. The quantitative estimate of drug-likeness (QED) is 0.554. The molecule has 8 heteroatoms. The summed E-state index contributed by atoms with van der Waals surface area (Å²) >= 11 is 1.35. The molecule has 2 aromatic carbocycles. The van der Waals surface area contributed by atoms with Crippen LogP contribution in [-0.4, -0.2) is 47.7 Å². The topological polar surface area (TPSA) is 95.9 Å². The SMILES string of the molecule is CC1(C(=O)O)CN(C(=O)C(NC(=O)OCC2c3ccccc3-c3ccccc32)c2cccs2)C1. The highest BCUT2D eigenvalue weighted by molar-refractivity contribution is 7.10. The predicted molar refractivity (Wildman–Crippen MR) is 128 cm³/mol. The van der Waals surface area contributed by atoms with Crippen LogP contribution in [0.15, 0.2) is 66.0 Å². The molecule has 1 fully saturated rings. The molecule has 0 spiro atoms. The van der Waals surface area contributed by atoms with E-state index in [1.54, 1.807) is 19.1 Å². The number of rotatable bonds is 6. The number of nitrogens with zero attached hydrogens (tertiary/aromatic N) is 1. The third-order valence-electron chi connectivity index (χ3n) is 6.59. The summed E-state index contributed by atoms with van der Waals surface area (Å²) in [6, 6.07) is 18.8. The maximum absolute atomic E-state index is 13.1. The Hall–Kier alpha value is -3.65. The Morgan fingerprint density at radius 2 is 1.68 bits per heavy atom. The lowest BCUT2D eigenvalue weighted by Crippen LogP contribution is -2.62. The standard InChI is InChI=1S/C26H24N2O5S/c1-26(24(30)31)14-28(15-26)23(29)22(21-11-6-12-34-21)27-25(32)33-13-20-18-9-4-2-7-16(18)17-8-3-5-10-19(17)20/h2-12,20,22H,13-15H2,1H3,(H,27,32)(H,30,31). The number of thiophene rings is 1. The van der Waals surface area contributed by atoms with Gasteiger partial charge in [-0.15, -0.1) is 11.3 Å². The van der Waals surface area contributed by atoms with Gasteiger partial charge in [0.15, 0.2) is 0 Å². The molecule has 0 bridgehead atoms. The molecule has 2 aliphatic rings. The summed E-state index contributed by atoms with van der Waals surface area (Å²) in [6.45, 7) is 1.97. The number of alkyl carbamates (subject to hydrolysis) is 1. The highest BCUT2D eigenvalue weighted by Crippen LogP contribution is 2.44. The van der Waals surface area contributed by atoms with Crippen molar-refractivity contribution >= 4 is 29.3 Å². The predicted octanol–water partition coefficient (Wildman–Crippen LogP) is 4.26. The van der Waals surface area contributed by atoms with Gasteiger partial charge in [0.05, 0.1) is 0 Å². The molecule has 1 atom stereocenters. The van der Waals surface area contributed by atoms with Crippen molar-refractivity contribution in [3.63, 3.8) is 0 Å². The molecule has 7 nitrogen and oxygen atoms in total. The summed E-state index contributed by atoms with van der Waals surface area (Å²) in [4.78, 5) is 39.5. The first-order chi connectivity index (χ1) is 16.4. The average Bonchev–Trinajstić information content (AvgIpc) is 3.45. The summed E-state index contributed by atoms with van der Waals surface area (Å²) in [5, 5.41) is 13.9. The van der Waals surface area contributed by atoms with Gasteiger partial charge in [-0.25, -0.2) is 4.79 Å². The van der Waals surface area contributed by atoms with Crippen molar-refractivity contribution in [2.75, 3.05) is 19.7 Å². The number of carboxylic acids is 1. The third-order valence-corrected chi connectivity index (χ3v) is 7.53. The Labute approximate surface area is 201 Å². The summed E-state index contributed by atoms with van der Waals surface area (Å²) in [7, 11) is 0. The number of carbonyl (C=O) groups is 3. The van der Waals surface area contributed by atoms with Crippen LogP contribution in [0.5, 0.6) is 0 Å². The first-order valence-corrected chi connectivity index (χ1v) is 11.9. The number of ether oxygens (including phenoxy) is 1. The Balaban J connectivity index is 1.28. The van der Waals surface area contributed by atoms with E-state index in [1.807, 2.05) is 41.8 Å². The van der Waals surface area contributed by atoms with Crippen LogP contribution >= 0.6 is 11.3 Å². The molecule has 1 unspecified atom stereocenters. The largest absolute Gasteiger partial charge is 0.481 e. The lowest BCUT2D eigenvalue weighted by atomic mass is 9.81. The number of aliphatic carboxylic acids is 1. The van der Waals surface area contributed by atoms with Crippen LogP contribution in [0.25, 0.3) is 11.1 Å². The minimum atomic E-state index is -0.959. The van der Waals surface area contributed by atoms with Crippen molar-refractivity contribution in [3.8, 4) is 11.1 Å². The van der Waals surface area contributed by atoms with Crippen LogP contribution in [0.3, 0.4) is 0 Å². The van der Waals surface area contributed by atoms with Gasteiger partial charge in [-0.05, 0) is 40.6 Å². The van der Waals surface area contributed by atoms with Crippen molar-refractivity contribution in [1.29, 1.82) is 0 Å². The smallest absolute Gasteiger partial charge is 0.408 e. The molecule has 1 aliphatic carbocycles. The Kier molecular flexibility index (Phi) is 5.61. The van der Waals surface area contributed by atoms with Crippen molar-refractivity contribution in [2.45, 2.75) is 18.9 Å². The van der Waals surface area contributed by atoms with Crippen LogP contribution in [0.1, 0.15) is 34.9 Å². The Morgan fingerprint density at radius 3 is 2.24 bits per heavy atom. The number of nitrogens with one attached hydrogen (secondary N) is 1. The minimum absolute atomic E-state index is 0.0827. The second-order valence-corrected chi connectivity index (χ2v) is 9.96. The van der Waals surface area contributed by atoms with E-state index in [2.05, 4.69) is 17.4 Å². The molecule has 2 amide bonds. The zero-order chi connectivity index (χ0) is 23.9. The zero-order valence-electron chi connectivity index (χ0n) is 18.6. The van der Waals surface area contributed by atoms with Crippen molar-refractivity contribution in [3.05, 3.63) is 82.0 Å². The van der Waals surface area contributed by atoms with Crippen molar-refractivity contribution in [1.82, 2.24) is 10.2 Å². The maximum atomic E-state index is 13.1. The van der Waals surface area contributed by atoms with Gasteiger partial charge < -0.3 is 20.1 Å². The lowest BCUT2D eigenvalue weighted by molar-refractivity contribution is -0.164. The van der Waals surface area contributed by atoms with Crippen molar-refractivity contribution in [2.24, 2.45) is 5.41 Å². The lowest BCUT2D eigenvalue weighted by Gasteiger charge is -2.45. The molecule has 0 saturated carbocycles. The Morgan fingerprint density at radius 1 is 1.06 bits per heavy atom. The fraction of sp³-hybridized carbons (Fsp3) is 0.269. The molecule has 1 aromatic heterocycles. The maximum Gasteiger partial charge on any atom is 0.408 e. The van der Waals surface area contributed by atoms with E-state index in [9.17, 15) is 19.5 Å². The van der Waals surface area contributed by atoms with E-state index in [1.165, 1.54) is 16.2 Å². The molecular weight excluding hydrogens is 452 g/mol. The number of carbonyl (C=O) groups excluding carboxylic acids is 2. The van der Waals surface area contributed by atoms with Crippen LogP contribution in [-0.2, 0) is 14.3 Å². The third kappa shape index (κ3) is 3.84. The summed E-state index contributed by atoms with van der Waals surface area (Å²) in [5.74, 6) is -1.36. The number of hydrogen-bond acceptors (Lipinski definition) is 5. The fourth-order valence-electron chi connectivity index (χ4n) is 4.74. The number of benzene rings is 2. The number of fused-ring (bicyclic) bond motifs is 3. The summed E-state index contributed by atoms with van der Waals surface area (Å²) < 4.78 is 5.62. The van der Waals surface area contributed by atoms with E-state index in [-0.39, 0.29) is 31.5 Å². The Bertz CT molecular complexity index is 1200. The van der Waals surface area contributed by atoms with Gasteiger partial charge >= 0.3 is 12.1 Å². The normalized spacial score (nSPS) is 16.7. The molecule has 2 heterocycles. The molecule has 3 aromatic rings. The van der Waals surface area contributed by atoms with E-state index in [4.69, 9.17) is 4.74 Å². The molecule has 174 valence electrons. The van der Waals surface area contributed by atoms with Crippen LogP contribution in [0.4, 0.5) is 4.79 Å². The minimum Gasteiger partial charge on any atom is -0.481 e. The monoisotopic (exact) mass is 476 g/mol. The van der Waals surface area contributed by atoms with Gasteiger partial charge in [-0.3, -0.25) is 9.59 Å². The first kappa shape index (κ1) is 22.2. The molecule has 1 aliphatic heterocycles. The van der Waals surface area contributed by atoms with E-state index in [0.717, 1.165) is 22.3 Å². The second-order valence-electron chi connectivity index (χ2n) is 8.98. The second kappa shape index (κ2) is 8.61. The number of likely N-dealkylation sites (tertiary alicyclic amines) is 1. The van der Waals surface area contributed by atoms with Gasteiger partial charge in [-0.1, -0.05) is 54.6 Å². The van der Waals surface area contributed by atoms with Gasteiger partial charge in [0.1, 0.15) is 18.1 Å².